The van der Waals surface area contributed by atoms with E-state index >= 15 is 0 Å². The van der Waals surface area contributed by atoms with E-state index in [1.165, 1.54) is 11.3 Å². The summed E-state index contributed by atoms with van der Waals surface area (Å²) in [4.78, 5) is 14.1. The lowest BCUT2D eigenvalue weighted by Gasteiger charge is -2.32. The topological polar surface area (TPSA) is 44.4 Å². The molecule has 4 nitrogen and oxygen atoms in total. The van der Waals surface area contributed by atoms with Gasteiger partial charge in [0.2, 0.25) is 5.91 Å². The molecule has 2 rings (SSSR count). The van der Waals surface area contributed by atoms with Crippen LogP contribution < -0.4 is 10.6 Å². The van der Waals surface area contributed by atoms with Crippen LogP contribution >= 0.6 is 27.3 Å². The van der Waals surface area contributed by atoms with Gasteiger partial charge in [-0.3, -0.25) is 4.79 Å². The van der Waals surface area contributed by atoms with Crippen molar-refractivity contribution in [2.24, 2.45) is 0 Å². The third kappa shape index (κ3) is 3.77. The number of hydrogen-bond acceptors (Lipinski definition) is 4. The maximum atomic E-state index is 11.9. The van der Waals surface area contributed by atoms with Crippen molar-refractivity contribution in [1.29, 1.82) is 0 Å². The van der Waals surface area contributed by atoms with Gasteiger partial charge in [0.15, 0.2) is 0 Å². The summed E-state index contributed by atoms with van der Waals surface area (Å²) in [5, 5.41) is 7.13. The normalized spacial score (nSPS) is 21.4. The Bertz CT molecular complexity index is 396. The number of carbonyl (C=O) groups is 1. The Morgan fingerprint density at radius 1 is 1.71 bits per heavy atom. The molecule has 1 unspecified atom stereocenters. The fourth-order valence-electron chi connectivity index (χ4n) is 1.87. The van der Waals surface area contributed by atoms with Gasteiger partial charge in [-0.25, -0.2) is 0 Å². The zero-order chi connectivity index (χ0) is 12.3. The Balaban J connectivity index is 1.84. The lowest BCUT2D eigenvalue weighted by atomic mass is 10.1. The van der Waals surface area contributed by atoms with E-state index in [0.29, 0.717) is 12.5 Å². The van der Waals surface area contributed by atoms with Crippen LogP contribution in [0.4, 0.5) is 5.00 Å². The minimum atomic E-state index is 0.0832. The van der Waals surface area contributed by atoms with Crippen LogP contribution in [0.2, 0.25) is 0 Å². The van der Waals surface area contributed by atoms with Gasteiger partial charge < -0.3 is 15.5 Å². The molecule has 1 fully saturated rings. The van der Waals surface area contributed by atoms with Gasteiger partial charge in [-0.1, -0.05) is 0 Å². The van der Waals surface area contributed by atoms with Gasteiger partial charge in [0, 0.05) is 32.1 Å². The highest BCUT2D eigenvalue weighted by atomic mass is 79.9. The van der Waals surface area contributed by atoms with Crippen molar-refractivity contribution in [3.8, 4) is 0 Å². The number of thiophene rings is 1. The predicted molar refractivity (Wildman–Crippen MR) is 74.6 cm³/mol. The molecule has 94 valence electrons. The molecule has 1 aromatic rings. The van der Waals surface area contributed by atoms with Crippen LogP contribution in [-0.2, 0) is 4.79 Å². The number of piperazine rings is 1. The SMILES string of the molecule is CN1CCNCC1CC(=O)Nc1ccc(Br)s1. The summed E-state index contributed by atoms with van der Waals surface area (Å²) in [6.45, 7) is 2.90. The van der Waals surface area contributed by atoms with Gasteiger partial charge in [-0.2, -0.15) is 0 Å². The Hall–Kier alpha value is -0.430. The maximum Gasteiger partial charge on any atom is 0.226 e. The van der Waals surface area contributed by atoms with Gasteiger partial charge in [-0.15, -0.1) is 11.3 Å². The third-order valence-electron chi connectivity index (χ3n) is 2.90. The molecule has 0 aromatic carbocycles. The molecule has 1 aliphatic rings. The minimum absolute atomic E-state index is 0.0832. The molecule has 1 aliphatic heterocycles. The van der Waals surface area contributed by atoms with Crippen molar-refractivity contribution in [2.75, 3.05) is 32.0 Å². The quantitative estimate of drug-likeness (QED) is 0.892. The number of rotatable bonds is 3. The van der Waals surface area contributed by atoms with E-state index in [2.05, 4.69) is 38.5 Å². The first-order valence-corrected chi connectivity index (χ1v) is 7.22. The average molecular weight is 318 g/mol. The van der Waals surface area contributed by atoms with E-state index in [0.717, 1.165) is 28.4 Å². The molecule has 2 heterocycles. The first-order valence-electron chi connectivity index (χ1n) is 5.61. The van der Waals surface area contributed by atoms with Gasteiger partial charge in [0.05, 0.1) is 8.79 Å². The zero-order valence-corrected chi connectivity index (χ0v) is 12.1. The Morgan fingerprint density at radius 2 is 2.53 bits per heavy atom. The Morgan fingerprint density at radius 3 is 3.18 bits per heavy atom. The number of amides is 1. The lowest BCUT2D eigenvalue weighted by molar-refractivity contribution is -0.117. The smallest absolute Gasteiger partial charge is 0.226 e. The molecule has 1 aromatic heterocycles. The van der Waals surface area contributed by atoms with Gasteiger partial charge >= 0.3 is 0 Å². The van der Waals surface area contributed by atoms with Gasteiger partial charge in [-0.05, 0) is 35.1 Å². The molecular formula is C11H16BrN3OS. The number of hydrogen-bond donors (Lipinski definition) is 2. The summed E-state index contributed by atoms with van der Waals surface area (Å²) < 4.78 is 1.03. The summed E-state index contributed by atoms with van der Waals surface area (Å²) in [5.41, 5.74) is 0. The zero-order valence-electron chi connectivity index (χ0n) is 9.70. The van der Waals surface area contributed by atoms with Gasteiger partial charge in [0.25, 0.3) is 0 Å². The van der Waals surface area contributed by atoms with Crippen LogP contribution in [0, 0.1) is 0 Å². The fraction of sp³-hybridized carbons (Fsp3) is 0.545. The monoisotopic (exact) mass is 317 g/mol. The number of nitrogens with one attached hydrogen (secondary N) is 2. The average Bonchev–Trinajstić information content (AvgIpc) is 2.67. The van der Waals surface area contributed by atoms with Crippen LogP contribution in [-0.4, -0.2) is 43.5 Å². The van der Waals surface area contributed by atoms with Crippen molar-refractivity contribution in [1.82, 2.24) is 10.2 Å². The van der Waals surface area contributed by atoms with Crippen molar-refractivity contribution in [2.45, 2.75) is 12.5 Å². The second-order valence-corrected chi connectivity index (χ2v) is 6.66. The molecule has 0 aliphatic carbocycles. The largest absolute Gasteiger partial charge is 0.318 e. The van der Waals surface area contributed by atoms with Crippen molar-refractivity contribution in [3.05, 3.63) is 15.9 Å². The molecule has 1 amide bonds. The van der Waals surface area contributed by atoms with E-state index in [1.54, 1.807) is 0 Å². The van der Waals surface area contributed by atoms with Crippen LogP contribution in [0.1, 0.15) is 6.42 Å². The molecule has 0 saturated carbocycles. The van der Waals surface area contributed by atoms with Crippen LogP contribution in [0.15, 0.2) is 15.9 Å². The highest BCUT2D eigenvalue weighted by molar-refractivity contribution is 9.11. The van der Waals surface area contributed by atoms with Crippen molar-refractivity contribution < 1.29 is 4.79 Å². The van der Waals surface area contributed by atoms with E-state index < -0.39 is 0 Å². The molecule has 6 heteroatoms. The second kappa shape index (κ2) is 5.95. The first kappa shape index (κ1) is 13.0. The summed E-state index contributed by atoms with van der Waals surface area (Å²) >= 11 is 4.91. The van der Waals surface area contributed by atoms with E-state index in [-0.39, 0.29) is 5.91 Å². The summed E-state index contributed by atoms with van der Waals surface area (Å²) in [6.07, 6.45) is 0.541. The number of carbonyl (C=O) groups excluding carboxylic acids is 1. The maximum absolute atomic E-state index is 11.9. The molecule has 0 radical (unpaired) electrons. The molecule has 0 spiro atoms. The van der Waals surface area contributed by atoms with E-state index in [4.69, 9.17) is 0 Å². The molecule has 1 atom stereocenters. The number of nitrogens with zero attached hydrogens (tertiary/aromatic N) is 1. The molecular weight excluding hydrogens is 302 g/mol. The van der Waals surface area contributed by atoms with Crippen molar-refractivity contribution >= 4 is 38.2 Å². The molecule has 1 saturated heterocycles. The lowest BCUT2D eigenvalue weighted by Crippen LogP contribution is -2.50. The van der Waals surface area contributed by atoms with E-state index in [9.17, 15) is 4.79 Å². The van der Waals surface area contributed by atoms with Crippen molar-refractivity contribution in [3.63, 3.8) is 0 Å². The third-order valence-corrected chi connectivity index (χ3v) is 4.44. The fourth-order valence-corrected chi connectivity index (χ4v) is 3.18. The number of anilines is 1. The highest BCUT2D eigenvalue weighted by Crippen LogP contribution is 2.26. The van der Waals surface area contributed by atoms with Crippen LogP contribution in [0.3, 0.4) is 0 Å². The highest BCUT2D eigenvalue weighted by Gasteiger charge is 2.21. The van der Waals surface area contributed by atoms with Gasteiger partial charge in [0.1, 0.15) is 0 Å². The first-order chi connectivity index (χ1) is 8.15. The summed E-state index contributed by atoms with van der Waals surface area (Å²) in [6, 6.07) is 4.15. The van der Waals surface area contributed by atoms with Crippen LogP contribution in [0.5, 0.6) is 0 Å². The van der Waals surface area contributed by atoms with Crippen LogP contribution in [0.25, 0.3) is 0 Å². The minimum Gasteiger partial charge on any atom is -0.318 e. The summed E-state index contributed by atoms with van der Waals surface area (Å²) in [7, 11) is 2.07. The second-order valence-electron chi connectivity index (χ2n) is 4.19. The number of likely N-dealkylation sites (N-methyl/N-ethyl adjacent to an activating group) is 1. The summed E-state index contributed by atoms with van der Waals surface area (Å²) in [5.74, 6) is 0.0832. The predicted octanol–water partition coefficient (Wildman–Crippen LogP) is 1.74. The Kier molecular flexibility index (Phi) is 4.55. The van der Waals surface area contributed by atoms with E-state index in [1.807, 2.05) is 12.1 Å². The molecule has 17 heavy (non-hydrogen) atoms. The molecule has 2 N–H and O–H groups in total. The number of halogens is 1. The Labute approximate surface area is 114 Å². The molecule has 0 bridgehead atoms. The standard InChI is InChI=1S/C11H16BrN3OS/c1-15-5-4-13-7-8(15)6-10(16)14-11-3-2-9(12)17-11/h2-3,8,13H,4-7H2,1H3,(H,14,16).